The fraction of sp³-hybridized carbons (Fsp3) is 0.143. The highest BCUT2D eigenvalue weighted by atomic mass is 19.1. The van der Waals surface area contributed by atoms with Crippen molar-refractivity contribution < 1.29 is 13.2 Å². The monoisotopic (exact) mass is 277 g/mol. The molecule has 1 aromatic carbocycles. The number of hydrogen-bond donors (Lipinski definition) is 1. The standard InChI is InChI=1S/C14H10F3N3/c1-18-9-5-12(16)10(13(17)6-9)7-19-8-14-11(15)3-2-4-20-14/h2-6,19H,7-8H2. The number of rotatable bonds is 4. The summed E-state index contributed by atoms with van der Waals surface area (Å²) < 4.78 is 40.5. The van der Waals surface area contributed by atoms with Crippen molar-refractivity contribution in [2.75, 3.05) is 0 Å². The first-order chi connectivity index (χ1) is 9.61. The number of nitrogens with one attached hydrogen (secondary N) is 1. The predicted octanol–water partition coefficient (Wildman–Crippen LogP) is 3.34. The van der Waals surface area contributed by atoms with Gasteiger partial charge in [-0.05, 0) is 24.3 Å². The molecule has 0 atom stereocenters. The quantitative estimate of drug-likeness (QED) is 0.868. The van der Waals surface area contributed by atoms with Crippen molar-refractivity contribution in [2.45, 2.75) is 13.1 Å². The van der Waals surface area contributed by atoms with Crippen LogP contribution in [0.15, 0.2) is 30.5 Å². The first-order valence-electron chi connectivity index (χ1n) is 5.77. The summed E-state index contributed by atoms with van der Waals surface area (Å²) in [5, 5.41) is 2.72. The number of pyridine rings is 1. The normalized spacial score (nSPS) is 10.3. The zero-order valence-corrected chi connectivity index (χ0v) is 10.3. The van der Waals surface area contributed by atoms with E-state index in [0.717, 1.165) is 12.1 Å². The van der Waals surface area contributed by atoms with Gasteiger partial charge in [-0.15, -0.1) is 0 Å². The minimum Gasteiger partial charge on any atom is -0.307 e. The second kappa shape index (κ2) is 6.17. The van der Waals surface area contributed by atoms with E-state index in [0.29, 0.717) is 0 Å². The maximum atomic E-state index is 13.6. The first-order valence-corrected chi connectivity index (χ1v) is 5.77. The number of nitrogens with zero attached hydrogens (tertiary/aromatic N) is 2. The van der Waals surface area contributed by atoms with Crippen LogP contribution in [0.4, 0.5) is 18.9 Å². The molecule has 0 bridgehead atoms. The molecular formula is C14H10F3N3. The van der Waals surface area contributed by atoms with Crippen molar-refractivity contribution in [1.29, 1.82) is 0 Å². The van der Waals surface area contributed by atoms with Gasteiger partial charge < -0.3 is 5.32 Å². The molecule has 1 aromatic heterocycles. The lowest BCUT2D eigenvalue weighted by Gasteiger charge is -2.08. The van der Waals surface area contributed by atoms with E-state index in [2.05, 4.69) is 15.1 Å². The third kappa shape index (κ3) is 3.13. The molecule has 0 spiro atoms. The van der Waals surface area contributed by atoms with Gasteiger partial charge in [-0.25, -0.2) is 18.0 Å². The van der Waals surface area contributed by atoms with Crippen LogP contribution in [0.5, 0.6) is 0 Å². The summed E-state index contributed by atoms with van der Waals surface area (Å²) in [5.41, 5.74) is -0.112. The van der Waals surface area contributed by atoms with E-state index in [1.807, 2.05) is 0 Å². The maximum absolute atomic E-state index is 13.6. The average molecular weight is 277 g/mol. The zero-order valence-electron chi connectivity index (χ0n) is 10.3. The zero-order chi connectivity index (χ0) is 14.5. The summed E-state index contributed by atoms with van der Waals surface area (Å²) in [6.45, 7) is 6.64. The Labute approximate surface area is 113 Å². The molecule has 102 valence electrons. The summed E-state index contributed by atoms with van der Waals surface area (Å²) in [7, 11) is 0. The molecule has 1 heterocycles. The van der Waals surface area contributed by atoms with Gasteiger partial charge in [0.2, 0.25) is 0 Å². The molecule has 0 aliphatic carbocycles. The fourth-order valence-electron chi connectivity index (χ4n) is 1.68. The lowest BCUT2D eigenvalue weighted by molar-refractivity contribution is 0.527. The highest BCUT2D eigenvalue weighted by Gasteiger charge is 2.11. The van der Waals surface area contributed by atoms with Gasteiger partial charge in [0.05, 0.1) is 12.3 Å². The molecule has 0 saturated carbocycles. The largest absolute Gasteiger partial charge is 0.307 e. The topological polar surface area (TPSA) is 29.3 Å². The minimum absolute atomic E-state index is 0.0517. The molecule has 0 aliphatic rings. The molecule has 0 saturated heterocycles. The molecular weight excluding hydrogens is 267 g/mol. The lowest BCUT2D eigenvalue weighted by Crippen LogP contribution is -2.16. The Kier molecular flexibility index (Phi) is 4.33. The second-order valence-corrected chi connectivity index (χ2v) is 4.04. The molecule has 2 aromatic rings. The van der Waals surface area contributed by atoms with Crippen LogP contribution in [0.1, 0.15) is 11.3 Å². The van der Waals surface area contributed by atoms with E-state index in [9.17, 15) is 13.2 Å². The van der Waals surface area contributed by atoms with Crippen LogP contribution in [0.2, 0.25) is 0 Å². The van der Waals surface area contributed by atoms with Crippen LogP contribution in [0, 0.1) is 24.0 Å². The molecule has 0 amide bonds. The Balaban J connectivity index is 2.05. The van der Waals surface area contributed by atoms with Crippen LogP contribution in [0.25, 0.3) is 4.85 Å². The molecule has 0 unspecified atom stereocenters. The molecule has 6 heteroatoms. The summed E-state index contributed by atoms with van der Waals surface area (Å²) in [6, 6.07) is 4.65. The maximum Gasteiger partial charge on any atom is 0.193 e. The number of benzene rings is 1. The Morgan fingerprint density at radius 1 is 1.10 bits per heavy atom. The summed E-state index contributed by atoms with van der Waals surface area (Å²) in [5.74, 6) is -2.08. The molecule has 0 fully saturated rings. The van der Waals surface area contributed by atoms with Crippen LogP contribution in [0.3, 0.4) is 0 Å². The molecule has 2 rings (SSSR count). The summed E-state index contributed by atoms with van der Waals surface area (Å²) >= 11 is 0. The van der Waals surface area contributed by atoms with E-state index in [-0.39, 0.29) is 30.0 Å². The van der Waals surface area contributed by atoms with E-state index in [1.165, 1.54) is 18.3 Å². The van der Waals surface area contributed by atoms with Gasteiger partial charge in [0, 0.05) is 24.8 Å². The lowest BCUT2D eigenvalue weighted by atomic mass is 10.1. The Morgan fingerprint density at radius 3 is 2.40 bits per heavy atom. The van der Waals surface area contributed by atoms with Gasteiger partial charge in [0.15, 0.2) is 5.69 Å². The SMILES string of the molecule is [C-]#[N+]c1cc(F)c(CNCc2ncccc2F)c(F)c1. The van der Waals surface area contributed by atoms with E-state index < -0.39 is 17.5 Å². The molecule has 20 heavy (non-hydrogen) atoms. The third-order valence-electron chi connectivity index (χ3n) is 2.68. The molecule has 0 radical (unpaired) electrons. The van der Waals surface area contributed by atoms with E-state index >= 15 is 0 Å². The van der Waals surface area contributed by atoms with E-state index in [1.54, 1.807) is 0 Å². The van der Waals surface area contributed by atoms with Gasteiger partial charge in [-0.2, -0.15) is 0 Å². The van der Waals surface area contributed by atoms with Gasteiger partial charge in [-0.3, -0.25) is 4.98 Å². The molecule has 1 N–H and O–H groups in total. The number of hydrogen-bond acceptors (Lipinski definition) is 2. The molecule has 0 aliphatic heterocycles. The van der Waals surface area contributed by atoms with Gasteiger partial charge >= 0.3 is 0 Å². The van der Waals surface area contributed by atoms with Crippen molar-refractivity contribution in [3.8, 4) is 0 Å². The van der Waals surface area contributed by atoms with Crippen molar-refractivity contribution >= 4 is 5.69 Å². The fourth-order valence-corrected chi connectivity index (χ4v) is 1.68. The van der Waals surface area contributed by atoms with Crippen LogP contribution in [-0.2, 0) is 13.1 Å². The number of aromatic nitrogens is 1. The van der Waals surface area contributed by atoms with Crippen LogP contribution < -0.4 is 5.32 Å². The predicted molar refractivity (Wildman–Crippen MR) is 67.4 cm³/mol. The minimum atomic E-state index is -0.801. The van der Waals surface area contributed by atoms with Crippen molar-refractivity contribution in [3.05, 3.63) is 70.6 Å². The van der Waals surface area contributed by atoms with Crippen molar-refractivity contribution in [2.24, 2.45) is 0 Å². The van der Waals surface area contributed by atoms with E-state index in [4.69, 9.17) is 6.57 Å². The third-order valence-corrected chi connectivity index (χ3v) is 2.68. The average Bonchev–Trinajstić information content (AvgIpc) is 2.43. The van der Waals surface area contributed by atoms with Crippen LogP contribution >= 0.6 is 0 Å². The summed E-state index contributed by atoms with van der Waals surface area (Å²) in [6.07, 6.45) is 1.44. The van der Waals surface area contributed by atoms with Gasteiger partial charge in [-0.1, -0.05) is 0 Å². The second-order valence-electron chi connectivity index (χ2n) is 4.04. The highest BCUT2D eigenvalue weighted by Crippen LogP contribution is 2.21. The summed E-state index contributed by atoms with van der Waals surface area (Å²) in [4.78, 5) is 6.78. The first kappa shape index (κ1) is 14.0. The molecule has 3 nitrogen and oxygen atoms in total. The van der Waals surface area contributed by atoms with Crippen LogP contribution in [-0.4, -0.2) is 4.98 Å². The highest BCUT2D eigenvalue weighted by molar-refractivity contribution is 5.46. The van der Waals surface area contributed by atoms with Gasteiger partial charge in [0.25, 0.3) is 0 Å². The van der Waals surface area contributed by atoms with Crippen molar-refractivity contribution in [1.82, 2.24) is 10.3 Å². The Bertz CT molecular complexity index is 642. The van der Waals surface area contributed by atoms with Crippen molar-refractivity contribution in [3.63, 3.8) is 0 Å². The Morgan fingerprint density at radius 2 is 1.80 bits per heavy atom. The number of halogens is 3. The van der Waals surface area contributed by atoms with Gasteiger partial charge in [0.1, 0.15) is 17.5 Å². The smallest absolute Gasteiger partial charge is 0.193 e. The Hall–Kier alpha value is -2.39.